The molecule has 10 nitrogen and oxygen atoms in total. The number of hydrogen-bond donors (Lipinski definition) is 1. The number of methoxy groups -OCH3 is 2. The van der Waals surface area contributed by atoms with E-state index in [1.165, 1.54) is 0 Å². The van der Waals surface area contributed by atoms with E-state index < -0.39 is 6.04 Å². The van der Waals surface area contributed by atoms with Gasteiger partial charge in [-0.05, 0) is 66.9 Å². The van der Waals surface area contributed by atoms with Crippen molar-refractivity contribution in [2.24, 2.45) is 0 Å². The molecule has 1 atom stereocenters. The molecule has 2 aromatic carbocycles. The molecule has 1 fully saturated rings. The summed E-state index contributed by atoms with van der Waals surface area (Å²) in [6, 6.07) is 15.3. The van der Waals surface area contributed by atoms with Crippen LogP contribution in [0.2, 0.25) is 0 Å². The van der Waals surface area contributed by atoms with E-state index in [0.29, 0.717) is 17.1 Å². The molecule has 1 N–H and O–H groups in total. The number of para-hydroxylation sites is 2. The SMILES string of the molecule is COc1ccc2cc([C@H](c3nnnn3C(C)(C)C)N3CCN(c4ccccc4OC)CC3)c(=O)[nH]c2c1. The lowest BCUT2D eigenvalue weighted by Gasteiger charge is -2.40. The van der Waals surface area contributed by atoms with Gasteiger partial charge in [0.25, 0.3) is 5.56 Å². The molecule has 4 aromatic rings. The summed E-state index contributed by atoms with van der Waals surface area (Å²) in [4.78, 5) is 21.2. The molecular formula is C27H33N7O3. The van der Waals surface area contributed by atoms with Gasteiger partial charge in [0.15, 0.2) is 5.82 Å². The van der Waals surface area contributed by atoms with Crippen molar-refractivity contribution in [3.8, 4) is 11.5 Å². The Hall–Kier alpha value is -3.92. The summed E-state index contributed by atoms with van der Waals surface area (Å²) in [5, 5.41) is 13.7. The fraction of sp³-hybridized carbons (Fsp3) is 0.407. The summed E-state index contributed by atoms with van der Waals surface area (Å²) >= 11 is 0. The van der Waals surface area contributed by atoms with E-state index in [1.54, 1.807) is 14.2 Å². The number of tetrazole rings is 1. The summed E-state index contributed by atoms with van der Waals surface area (Å²) in [6.07, 6.45) is 0. The summed E-state index contributed by atoms with van der Waals surface area (Å²) in [5.41, 5.74) is 1.89. The number of piperazine rings is 1. The Kier molecular flexibility index (Phi) is 6.59. The Morgan fingerprint density at radius 3 is 2.43 bits per heavy atom. The number of pyridine rings is 1. The Morgan fingerprint density at radius 1 is 0.973 bits per heavy atom. The van der Waals surface area contributed by atoms with E-state index in [0.717, 1.165) is 48.5 Å². The number of rotatable bonds is 6. The van der Waals surface area contributed by atoms with Crippen molar-refractivity contribution >= 4 is 16.6 Å². The molecular weight excluding hydrogens is 470 g/mol. The van der Waals surface area contributed by atoms with E-state index in [1.807, 2.05) is 47.1 Å². The Bertz CT molecular complexity index is 1450. The average Bonchev–Trinajstić information content (AvgIpc) is 3.39. The minimum atomic E-state index is -0.413. The van der Waals surface area contributed by atoms with Crippen LogP contribution >= 0.6 is 0 Å². The molecule has 0 unspecified atom stereocenters. The fourth-order valence-corrected chi connectivity index (χ4v) is 4.98. The van der Waals surface area contributed by atoms with Crippen molar-refractivity contribution in [3.63, 3.8) is 0 Å². The van der Waals surface area contributed by atoms with Crippen molar-refractivity contribution in [2.45, 2.75) is 32.4 Å². The molecule has 1 aliphatic rings. The second kappa shape index (κ2) is 9.85. The molecule has 5 rings (SSSR count). The highest BCUT2D eigenvalue weighted by Gasteiger charge is 2.35. The summed E-state index contributed by atoms with van der Waals surface area (Å²) in [5.74, 6) is 2.19. The normalized spacial score (nSPS) is 15.6. The number of anilines is 1. The minimum Gasteiger partial charge on any atom is -0.497 e. The lowest BCUT2D eigenvalue weighted by atomic mass is 10.0. The van der Waals surface area contributed by atoms with E-state index in [9.17, 15) is 4.79 Å². The quantitative estimate of drug-likeness (QED) is 0.428. The fourth-order valence-electron chi connectivity index (χ4n) is 4.98. The highest BCUT2D eigenvalue weighted by atomic mass is 16.5. The highest BCUT2D eigenvalue weighted by Crippen LogP contribution is 2.33. The van der Waals surface area contributed by atoms with Gasteiger partial charge >= 0.3 is 0 Å². The van der Waals surface area contributed by atoms with E-state index >= 15 is 0 Å². The second-order valence-electron chi connectivity index (χ2n) is 10.2. The first-order chi connectivity index (χ1) is 17.8. The maximum Gasteiger partial charge on any atom is 0.253 e. The van der Waals surface area contributed by atoms with Crippen molar-refractivity contribution < 1.29 is 9.47 Å². The van der Waals surface area contributed by atoms with E-state index in [2.05, 4.69) is 57.1 Å². The lowest BCUT2D eigenvalue weighted by Crippen LogP contribution is -2.49. The van der Waals surface area contributed by atoms with Gasteiger partial charge in [0.2, 0.25) is 0 Å². The van der Waals surface area contributed by atoms with Crippen LogP contribution in [0.25, 0.3) is 10.9 Å². The van der Waals surface area contributed by atoms with Crippen LogP contribution in [0.15, 0.2) is 53.3 Å². The van der Waals surface area contributed by atoms with Crippen LogP contribution < -0.4 is 19.9 Å². The summed E-state index contributed by atoms with van der Waals surface area (Å²) in [6.45, 7) is 9.16. The van der Waals surface area contributed by atoms with Crippen LogP contribution in [-0.4, -0.2) is 70.5 Å². The molecule has 0 radical (unpaired) electrons. The molecule has 2 aromatic heterocycles. The number of aromatic nitrogens is 5. The van der Waals surface area contributed by atoms with Crippen molar-refractivity contribution in [3.05, 3.63) is 70.3 Å². The van der Waals surface area contributed by atoms with Gasteiger partial charge in [-0.15, -0.1) is 5.10 Å². The maximum atomic E-state index is 13.5. The van der Waals surface area contributed by atoms with Crippen LogP contribution in [0.4, 0.5) is 5.69 Å². The Labute approximate surface area is 215 Å². The van der Waals surface area contributed by atoms with Gasteiger partial charge in [-0.1, -0.05) is 12.1 Å². The van der Waals surface area contributed by atoms with Gasteiger partial charge in [0.05, 0.1) is 31.0 Å². The van der Waals surface area contributed by atoms with Gasteiger partial charge in [0.1, 0.15) is 17.5 Å². The van der Waals surface area contributed by atoms with Crippen LogP contribution in [0, 0.1) is 0 Å². The van der Waals surface area contributed by atoms with Crippen LogP contribution in [0.3, 0.4) is 0 Å². The monoisotopic (exact) mass is 503 g/mol. The molecule has 3 heterocycles. The maximum absolute atomic E-state index is 13.5. The van der Waals surface area contributed by atoms with Crippen LogP contribution in [-0.2, 0) is 5.54 Å². The van der Waals surface area contributed by atoms with Gasteiger partial charge in [-0.2, -0.15) is 0 Å². The predicted molar refractivity (Wildman–Crippen MR) is 143 cm³/mol. The average molecular weight is 504 g/mol. The number of aromatic amines is 1. The number of nitrogens with one attached hydrogen (secondary N) is 1. The molecule has 0 amide bonds. The molecule has 0 spiro atoms. The Balaban J connectivity index is 1.55. The molecule has 194 valence electrons. The number of nitrogens with zero attached hydrogens (tertiary/aromatic N) is 6. The molecule has 0 aliphatic carbocycles. The first kappa shape index (κ1) is 24.8. The summed E-state index contributed by atoms with van der Waals surface area (Å²) in [7, 11) is 3.31. The minimum absolute atomic E-state index is 0.165. The van der Waals surface area contributed by atoms with Crippen LogP contribution in [0.1, 0.15) is 38.2 Å². The third kappa shape index (κ3) is 4.76. The lowest BCUT2D eigenvalue weighted by molar-refractivity contribution is 0.190. The molecule has 0 bridgehead atoms. The van der Waals surface area contributed by atoms with Crippen molar-refractivity contribution in [1.82, 2.24) is 30.1 Å². The van der Waals surface area contributed by atoms with E-state index in [-0.39, 0.29) is 11.1 Å². The van der Waals surface area contributed by atoms with Gasteiger partial charge in [0, 0.05) is 37.8 Å². The standard InChI is InChI=1S/C27H33N7O3/c1-27(2,3)34-25(29-30-31-34)24(20-16-18-10-11-19(36-4)17-21(18)28-26(20)35)33-14-12-32(13-15-33)22-8-6-7-9-23(22)37-5/h6-11,16-17,24H,12-15H2,1-5H3,(H,28,35)/t24-/m1/s1. The molecule has 37 heavy (non-hydrogen) atoms. The predicted octanol–water partition coefficient (Wildman–Crippen LogP) is 3.20. The largest absolute Gasteiger partial charge is 0.497 e. The highest BCUT2D eigenvalue weighted by molar-refractivity contribution is 5.80. The first-order valence-electron chi connectivity index (χ1n) is 12.4. The number of hydrogen-bond acceptors (Lipinski definition) is 8. The third-order valence-corrected chi connectivity index (χ3v) is 6.86. The molecule has 1 aliphatic heterocycles. The zero-order chi connectivity index (χ0) is 26.2. The third-order valence-electron chi connectivity index (χ3n) is 6.86. The van der Waals surface area contributed by atoms with Crippen molar-refractivity contribution in [2.75, 3.05) is 45.3 Å². The number of benzene rings is 2. The van der Waals surface area contributed by atoms with Crippen molar-refractivity contribution in [1.29, 1.82) is 0 Å². The molecule has 1 saturated heterocycles. The first-order valence-corrected chi connectivity index (χ1v) is 12.4. The number of fused-ring (bicyclic) bond motifs is 1. The van der Waals surface area contributed by atoms with Gasteiger partial charge in [-0.25, -0.2) is 4.68 Å². The molecule has 0 saturated carbocycles. The second-order valence-corrected chi connectivity index (χ2v) is 10.2. The molecule has 10 heteroatoms. The summed E-state index contributed by atoms with van der Waals surface area (Å²) < 4.78 is 12.7. The zero-order valence-electron chi connectivity index (χ0n) is 21.9. The van der Waals surface area contributed by atoms with Gasteiger partial charge in [-0.3, -0.25) is 9.69 Å². The van der Waals surface area contributed by atoms with Crippen LogP contribution in [0.5, 0.6) is 11.5 Å². The zero-order valence-corrected chi connectivity index (χ0v) is 21.9. The smallest absolute Gasteiger partial charge is 0.253 e. The number of H-pyrrole nitrogens is 1. The van der Waals surface area contributed by atoms with E-state index in [4.69, 9.17) is 9.47 Å². The Morgan fingerprint density at radius 2 is 1.73 bits per heavy atom. The number of ether oxygens (including phenoxy) is 2. The van der Waals surface area contributed by atoms with Gasteiger partial charge < -0.3 is 19.4 Å². The topological polar surface area (TPSA) is 101 Å².